The van der Waals surface area contributed by atoms with Gasteiger partial charge in [-0.3, -0.25) is 4.79 Å². The second-order valence-electron chi connectivity index (χ2n) is 10.1. The number of cyclic esters (lactones) is 1. The molecule has 0 bridgehead atoms. The summed E-state index contributed by atoms with van der Waals surface area (Å²) < 4.78 is 22.9. The van der Waals surface area contributed by atoms with Crippen molar-refractivity contribution in [1.29, 1.82) is 0 Å². The fourth-order valence-corrected chi connectivity index (χ4v) is 4.99. The number of ether oxygens (including phenoxy) is 4. The smallest absolute Gasteiger partial charge is 0.312 e. The van der Waals surface area contributed by atoms with E-state index in [0.29, 0.717) is 12.8 Å². The molecule has 0 unspecified atom stereocenters. The van der Waals surface area contributed by atoms with Gasteiger partial charge in [0.15, 0.2) is 0 Å². The maximum atomic E-state index is 13.1. The first-order valence-electron chi connectivity index (χ1n) is 13.1. The van der Waals surface area contributed by atoms with Crippen LogP contribution in [0, 0.1) is 17.8 Å². The van der Waals surface area contributed by atoms with E-state index in [1.807, 2.05) is 43.3 Å². The van der Waals surface area contributed by atoms with Crippen molar-refractivity contribution in [3.8, 4) is 0 Å². The fraction of sp³-hybridized carbons (Fsp3) is 0.690. The lowest BCUT2D eigenvalue weighted by Gasteiger charge is -2.33. The maximum Gasteiger partial charge on any atom is 0.312 e. The molecule has 36 heavy (non-hydrogen) atoms. The van der Waals surface area contributed by atoms with Gasteiger partial charge in [0, 0.05) is 21.3 Å². The van der Waals surface area contributed by atoms with E-state index in [1.54, 1.807) is 21.1 Å². The number of hydrogen-bond donors (Lipinski definition) is 2. The third kappa shape index (κ3) is 8.67. The van der Waals surface area contributed by atoms with Gasteiger partial charge in [0.05, 0.1) is 24.2 Å². The van der Waals surface area contributed by atoms with Crippen LogP contribution in [0.4, 0.5) is 0 Å². The van der Waals surface area contributed by atoms with Crippen LogP contribution in [0.25, 0.3) is 0 Å². The first kappa shape index (κ1) is 30.5. The number of allylic oxidation sites excluding steroid dienone is 1. The molecular weight excluding hydrogens is 460 g/mol. The Morgan fingerprint density at radius 2 is 1.53 bits per heavy atom. The Morgan fingerprint density at radius 1 is 0.861 bits per heavy atom. The Morgan fingerprint density at radius 3 is 2.14 bits per heavy atom. The van der Waals surface area contributed by atoms with Crippen molar-refractivity contribution in [3.05, 3.63) is 48.0 Å². The molecule has 0 amide bonds. The van der Waals surface area contributed by atoms with E-state index < -0.39 is 36.3 Å². The summed E-state index contributed by atoms with van der Waals surface area (Å²) in [6.07, 6.45) is 4.19. The molecule has 0 saturated carbocycles. The summed E-state index contributed by atoms with van der Waals surface area (Å²) in [6.45, 7) is 5.62. The molecule has 1 aliphatic heterocycles. The second kappa shape index (κ2) is 15.5. The molecule has 0 saturated heterocycles. The van der Waals surface area contributed by atoms with Crippen LogP contribution in [0.1, 0.15) is 64.5 Å². The molecule has 1 aromatic carbocycles. The molecule has 9 atom stereocenters. The number of methoxy groups -OCH3 is 3. The van der Waals surface area contributed by atoms with Crippen molar-refractivity contribution in [1.82, 2.24) is 0 Å². The molecule has 2 N–H and O–H groups in total. The normalized spacial score (nSPS) is 36.9. The molecule has 7 heteroatoms. The van der Waals surface area contributed by atoms with Gasteiger partial charge in [0.2, 0.25) is 0 Å². The fourth-order valence-electron chi connectivity index (χ4n) is 4.99. The molecule has 2 rings (SSSR count). The zero-order chi connectivity index (χ0) is 26.7. The molecule has 0 fully saturated rings. The highest BCUT2D eigenvalue weighted by atomic mass is 16.5. The van der Waals surface area contributed by atoms with Gasteiger partial charge in [-0.15, -0.1) is 0 Å². The van der Waals surface area contributed by atoms with Crippen molar-refractivity contribution in [3.63, 3.8) is 0 Å². The molecule has 1 aliphatic rings. The summed E-state index contributed by atoms with van der Waals surface area (Å²) in [6, 6.07) is 9.65. The third-order valence-corrected chi connectivity index (χ3v) is 7.36. The van der Waals surface area contributed by atoms with Gasteiger partial charge in [-0.05, 0) is 50.0 Å². The van der Waals surface area contributed by atoms with Gasteiger partial charge in [0.25, 0.3) is 0 Å². The minimum atomic E-state index is -1.21. The van der Waals surface area contributed by atoms with Crippen molar-refractivity contribution >= 4 is 5.97 Å². The highest BCUT2D eigenvalue weighted by Gasteiger charge is 2.38. The minimum absolute atomic E-state index is 0.0916. The zero-order valence-electron chi connectivity index (χ0n) is 22.7. The summed E-state index contributed by atoms with van der Waals surface area (Å²) in [7, 11) is 4.82. The molecule has 1 heterocycles. The largest absolute Gasteiger partial charge is 0.457 e. The second-order valence-corrected chi connectivity index (χ2v) is 10.1. The zero-order valence-corrected chi connectivity index (χ0v) is 22.7. The van der Waals surface area contributed by atoms with Crippen LogP contribution in [-0.4, -0.2) is 68.0 Å². The van der Waals surface area contributed by atoms with E-state index in [4.69, 9.17) is 18.9 Å². The predicted molar refractivity (Wildman–Crippen MR) is 139 cm³/mol. The number of carbonyl (C=O) groups excluding carboxylic acids is 1. The van der Waals surface area contributed by atoms with Crippen molar-refractivity contribution in [2.24, 2.45) is 17.8 Å². The van der Waals surface area contributed by atoms with Gasteiger partial charge in [-0.1, -0.05) is 62.8 Å². The summed E-state index contributed by atoms with van der Waals surface area (Å²) >= 11 is 0. The molecule has 7 nitrogen and oxygen atoms in total. The average molecular weight is 507 g/mol. The molecular formula is C29H46O7. The number of benzene rings is 1. The number of carbonyl (C=O) groups is 1. The summed E-state index contributed by atoms with van der Waals surface area (Å²) in [4.78, 5) is 13.1. The van der Waals surface area contributed by atoms with Crippen LogP contribution in [0.5, 0.6) is 0 Å². The van der Waals surface area contributed by atoms with Crippen LogP contribution < -0.4 is 0 Å². The Balaban J connectivity index is 2.33. The number of rotatable bonds is 4. The van der Waals surface area contributed by atoms with E-state index in [2.05, 4.69) is 13.0 Å². The van der Waals surface area contributed by atoms with Crippen LogP contribution in [0.3, 0.4) is 0 Å². The first-order chi connectivity index (χ1) is 17.2. The maximum absolute atomic E-state index is 13.1. The Hall–Kier alpha value is -1.77. The predicted octanol–water partition coefficient (Wildman–Crippen LogP) is 4.47. The summed E-state index contributed by atoms with van der Waals surface area (Å²) in [5.41, 5.74) is 0.911. The number of aliphatic hydroxyl groups is 2. The van der Waals surface area contributed by atoms with Crippen molar-refractivity contribution in [2.75, 3.05) is 21.3 Å². The minimum Gasteiger partial charge on any atom is -0.457 e. The average Bonchev–Trinajstić information content (AvgIpc) is 2.88. The lowest BCUT2D eigenvalue weighted by Crippen LogP contribution is -2.47. The van der Waals surface area contributed by atoms with Crippen molar-refractivity contribution < 1.29 is 34.0 Å². The van der Waals surface area contributed by atoms with Crippen LogP contribution in [0.15, 0.2) is 42.5 Å². The Kier molecular flexibility index (Phi) is 13.1. The van der Waals surface area contributed by atoms with Crippen LogP contribution in [-0.2, 0) is 23.7 Å². The van der Waals surface area contributed by atoms with Gasteiger partial charge in [-0.2, -0.15) is 0 Å². The van der Waals surface area contributed by atoms with Gasteiger partial charge < -0.3 is 29.2 Å². The van der Waals surface area contributed by atoms with E-state index >= 15 is 0 Å². The quantitative estimate of drug-likeness (QED) is 0.460. The summed E-state index contributed by atoms with van der Waals surface area (Å²) in [5, 5.41) is 22.0. The number of hydrogen-bond acceptors (Lipinski definition) is 7. The van der Waals surface area contributed by atoms with E-state index in [-0.39, 0.29) is 24.0 Å². The van der Waals surface area contributed by atoms with E-state index in [0.717, 1.165) is 24.8 Å². The molecule has 1 aromatic rings. The molecule has 0 aliphatic carbocycles. The molecule has 204 valence electrons. The van der Waals surface area contributed by atoms with Gasteiger partial charge in [-0.25, -0.2) is 0 Å². The Labute approximate surface area is 216 Å². The first-order valence-corrected chi connectivity index (χ1v) is 13.1. The molecule has 0 spiro atoms. The lowest BCUT2D eigenvalue weighted by molar-refractivity contribution is -0.167. The van der Waals surface area contributed by atoms with Crippen molar-refractivity contribution in [2.45, 2.75) is 89.5 Å². The number of esters is 1. The topological polar surface area (TPSA) is 94.5 Å². The highest BCUT2D eigenvalue weighted by Crippen LogP contribution is 2.29. The van der Waals surface area contributed by atoms with Crippen LogP contribution >= 0.6 is 0 Å². The molecule has 0 aromatic heterocycles. The highest BCUT2D eigenvalue weighted by molar-refractivity contribution is 5.73. The van der Waals surface area contributed by atoms with Gasteiger partial charge >= 0.3 is 5.97 Å². The lowest BCUT2D eigenvalue weighted by atomic mass is 9.85. The third-order valence-electron chi connectivity index (χ3n) is 7.36. The standard InChI is InChI=1S/C29H46O7/c1-19-16-17-25(34-5)24(33-4)15-11-10-14-23(22-12-8-7-9-13-22)36-29(32)21(3)27(31)28(35-6)26(30)20(2)18-19/h7-9,12-13,16-17,19-21,23-28,30-31H,10-11,14-15,18H2,1-6H3/b17-16+/t19-,20+,21-,23-,24-,25+,26-,27-,28+/m0/s1. The SMILES string of the molecule is CO[C@@H]1[C@@H](O)[C@H](C)C[C@@H](C)/C=C/[C@@H](OC)[C@@H](OC)CCCC[C@@H](c2ccccc2)OC(=O)[C@@H](C)[C@@H]1O. The van der Waals surface area contributed by atoms with E-state index in [9.17, 15) is 15.0 Å². The van der Waals surface area contributed by atoms with Crippen LogP contribution in [0.2, 0.25) is 0 Å². The monoisotopic (exact) mass is 506 g/mol. The molecule has 0 radical (unpaired) electrons. The Bertz CT molecular complexity index is 783. The van der Waals surface area contributed by atoms with Gasteiger partial charge in [0.1, 0.15) is 18.3 Å². The summed E-state index contributed by atoms with van der Waals surface area (Å²) in [5.74, 6) is -1.39. The number of aliphatic hydroxyl groups excluding tert-OH is 2. The van der Waals surface area contributed by atoms with E-state index in [1.165, 1.54) is 7.11 Å².